The number of piperidine rings is 1. The maximum atomic E-state index is 6.35. The molecule has 1 aliphatic rings. The van der Waals surface area contributed by atoms with E-state index in [0.29, 0.717) is 6.61 Å². The molecule has 1 saturated heterocycles. The third-order valence-electron chi connectivity index (χ3n) is 5.70. The van der Waals surface area contributed by atoms with Crippen LogP contribution in [-0.4, -0.2) is 24.2 Å². The molecule has 0 aliphatic carbocycles. The van der Waals surface area contributed by atoms with E-state index in [2.05, 4.69) is 24.0 Å². The number of ether oxygens (including phenoxy) is 2. The predicted molar refractivity (Wildman–Crippen MR) is 120 cm³/mol. The SMILES string of the molecule is CCCCCCCCN1CCCCC1Oc1ccc(OCc2ccccc2)cc1. The Labute approximate surface area is 177 Å². The first kappa shape index (κ1) is 21.7. The summed E-state index contributed by atoms with van der Waals surface area (Å²) in [5, 5.41) is 0. The fraction of sp³-hybridized carbons (Fsp3) is 0.538. The Morgan fingerprint density at radius 3 is 2.34 bits per heavy atom. The van der Waals surface area contributed by atoms with E-state index in [9.17, 15) is 0 Å². The van der Waals surface area contributed by atoms with Gasteiger partial charge >= 0.3 is 0 Å². The molecule has 3 rings (SSSR count). The second-order valence-corrected chi connectivity index (χ2v) is 8.12. The van der Waals surface area contributed by atoms with E-state index in [0.717, 1.165) is 31.0 Å². The maximum Gasteiger partial charge on any atom is 0.152 e. The average Bonchev–Trinajstić information content (AvgIpc) is 2.77. The molecule has 1 heterocycles. The van der Waals surface area contributed by atoms with Crippen LogP contribution in [0.1, 0.15) is 70.3 Å². The van der Waals surface area contributed by atoms with Gasteiger partial charge in [-0.2, -0.15) is 0 Å². The monoisotopic (exact) mass is 395 g/mol. The van der Waals surface area contributed by atoms with E-state index in [1.54, 1.807) is 0 Å². The minimum Gasteiger partial charge on any atom is -0.489 e. The number of hydrogen-bond donors (Lipinski definition) is 0. The molecule has 0 aromatic heterocycles. The smallest absolute Gasteiger partial charge is 0.152 e. The summed E-state index contributed by atoms with van der Waals surface area (Å²) in [4.78, 5) is 2.54. The Bertz CT molecular complexity index is 671. The lowest BCUT2D eigenvalue weighted by atomic mass is 10.1. The van der Waals surface area contributed by atoms with Gasteiger partial charge in [-0.1, -0.05) is 69.4 Å². The topological polar surface area (TPSA) is 21.7 Å². The van der Waals surface area contributed by atoms with Crippen LogP contribution in [0.25, 0.3) is 0 Å². The Morgan fingerprint density at radius 2 is 1.55 bits per heavy atom. The normalized spacial score (nSPS) is 17.2. The lowest BCUT2D eigenvalue weighted by molar-refractivity contribution is -0.00477. The maximum absolute atomic E-state index is 6.35. The van der Waals surface area contributed by atoms with Gasteiger partial charge < -0.3 is 9.47 Å². The van der Waals surface area contributed by atoms with Gasteiger partial charge in [-0.05, 0) is 55.5 Å². The van der Waals surface area contributed by atoms with Gasteiger partial charge in [0.1, 0.15) is 18.1 Å². The molecule has 0 bridgehead atoms. The number of nitrogens with zero attached hydrogens (tertiary/aromatic N) is 1. The van der Waals surface area contributed by atoms with Crippen molar-refractivity contribution in [2.45, 2.75) is 77.5 Å². The Kier molecular flexibility index (Phi) is 9.38. The molecular formula is C26H37NO2. The lowest BCUT2D eigenvalue weighted by Gasteiger charge is -2.35. The second-order valence-electron chi connectivity index (χ2n) is 8.12. The largest absolute Gasteiger partial charge is 0.489 e. The first-order chi connectivity index (χ1) is 14.3. The highest BCUT2D eigenvalue weighted by molar-refractivity contribution is 5.31. The Morgan fingerprint density at radius 1 is 0.828 bits per heavy atom. The summed E-state index contributed by atoms with van der Waals surface area (Å²) in [6, 6.07) is 18.4. The summed E-state index contributed by atoms with van der Waals surface area (Å²) in [5.41, 5.74) is 1.18. The molecule has 0 radical (unpaired) electrons. The minimum atomic E-state index is 0.218. The lowest BCUT2D eigenvalue weighted by Crippen LogP contribution is -2.43. The minimum absolute atomic E-state index is 0.218. The zero-order chi connectivity index (χ0) is 20.2. The fourth-order valence-electron chi connectivity index (χ4n) is 3.96. The quantitative estimate of drug-likeness (QED) is 0.368. The molecule has 1 unspecified atom stereocenters. The molecule has 158 valence electrons. The van der Waals surface area contributed by atoms with Crippen LogP contribution in [0.15, 0.2) is 54.6 Å². The summed E-state index contributed by atoms with van der Waals surface area (Å²) in [7, 11) is 0. The van der Waals surface area contributed by atoms with Crippen LogP contribution in [0, 0.1) is 0 Å². The molecular weight excluding hydrogens is 358 g/mol. The number of hydrogen-bond acceptors (Lipinski definition) is 3. The zero-order valence-corrected chi connectivity index (χ0v) is 18.0. The number of benzene rings is 2. The second kappa shape index (κ2) is 12.5. The molecule has 2 aromatic rings. The molecule has 2 aromatic carbocycles. The van der Waals surface area contributed by atoms with Crippen LogP contribution in [0.5, 0.6) is 11.5 Å². The fourth-order valence-corrected chi connectivity index (χ4v) is 3.96. The summed E-state index contributed by atoms with van der Waals surface area (Å²) < 4.78 is 12.2. The molecule has 0 N–H and O–H groups in total. The van der Waals surface area contributed by atoms with E-state index in [4.69, 9.17) is 9.47 Å². The predicted octanol–water partition coefficient (Wildman–Crippen LogP) is 6.82. The van der Waals surface area contributed by atoms with E-state index in [1.807, 2.05) is 42.5 Å². The summed E-state index contributed by atoms with van der Waals surface area (Å²) in [5.74, 6) is 1.82. The molecule has 1 fully saturated rings. The van der Waals surface area contributed by atoms with Gasteiger partial charge in [0.2, 0.25) is 0 Å². The van der Waals surface area contributed by atoms with Gasteiger partial charge in [0.25, 0.3) is 0 Å². The van der Waals surface area contributed by atoms with E-state index >= 15 is 0 Å². The van der Waals surface area contributed by atoms with Crippen molar-refractivity contribution in [3.8, 4) is 11.5 Å². The number of rotatable bonds is 12. The average molecular weight is 396 g/mol. The van der Waals surface area contributed by atoms with Crippen LogP contribution < -0.4 is 9.47 Å². The highest BCUT2D eigenvalue weighted by Crippen LogP contribution is 2.24. The first-order valence-electron chi connectivity index (χ1n) is 11.5. The zero-order valence-electron chi connectivity index (χ0n) is 18.0. The van der Waals surface area contributed by atoms with Gasteiger partial charge in [0.15, 0.2) is 6.23 Å². The summed E-state index contributed by atoms with van der Waals surface area (Å²) >= 11 is 0. The van der Waals surface area contributed by atoms with Crippen molar-refractivity contribution >= 4 is 0 Å². The molecule has 1 aliphatic heterocycles. The van der Waals surface area contributed by atoms with Crippen molar-refractivity contribution in [3.05, 3.63) is 60.2 Å². The van der Waals surface area contributed by atoms with Crippen LogP contribution >= 0.6 is 0 Å². The molecule has 3 heteroatoms. The van der Waals surface area contributed by atoms with E-state index in [-0.39, 0.29) is 6.23 Å². The van der Waals surface area contributed by atoms with Gasteiger partial charge in [-0.25, -0.2) is 0 Å². The molecule has 0 amide bonds. The van der Waals surface area contributed by atoms with Gasteiger partial charge in [0.05, 0.1) is 0 Å². The van der Waals surface area contributed by atoms with Gasteiger partial charge in [0, 0.05) is 13.1 Å². The Balaban J connectivity index is 1.43. The van der Waals surface area contributed by atoms with Crippen molar-refractivity contribution in [3.63, 3.8) is 0 Å². The van der Waals surface area contributed by atoms with E-state index in [1.165, 1.54) is 56.9 Å². The third-order valence-corrected chi connectivity index (χ3v) is 5.70. The highest BCUT2D eigenvalue weighted by atomic mass is 16.5. The molecule has 0 saturated carbocycles. The number of likely N-dealkylation sites (tertiary alicyclic amines) is 1. The van der Waals surface area contributed by atoms with Crippen LogP contribution in [0.2, 0.25) is 0 Å². The molecule has 29 heavy (non-hydrogen) atoms. The van der Waals surface area contributed by atoms with E-state index < -0.39 is 0 Å². The summed E-state index contributed by atoms with van der Waals surface area (Å²) in [6.07, 6.45) is 12.0. The molecule has 3 nitrogen and oxygen atoms in total. The Hall–Kier alpha value is -2.00. The van der Waals surface area contributed by atoms with Crippen molar-refractivity contribution in [1.29, 1.82) is 0 Å². The van der Waals surface area contributed by atoms with Crippen molar-refractivity contribution in [1.82, 2.24) is 4.90 Å². The van der Waals surface area contributed by atoms with Crippen LogP contribution in [-0.2, 0) is 6.61 Å². The highest BCUT2D eigenvalue weighted by Gasteiger charge is 2.23. The molecule has 1 atom stereocenters. The van der Waals surface area contributed by atoms with Crippen molar-refractivity contribution < 1.29 is 9.47 Å². The number of unbranched alkanes of at least 4 members (excludes halogenated alkanes) is 5. The van der Waals surface area contributed by atoms with Gasteiger partial charge in [-0.3, -0.25) is 4.90 Å². The summed E-state index contributed by atoms with van der Waals surface area (Å²) in [6.45, 7) is 5.19. The van der Waals surface area contributed by atoms with Gasteiger partial charge in [-0.15, -0.1) is 0 Å². The first-order valence-corrected chi connectivity index (χ1v) is 11.5. The standard InChI is InChI=1S/C26H37NO2/c1-2-3-4-5-6-11-20-27-21-12-10-15-26(27)29-25-18-16-24(17-19-25)28-22-23-13-8-7-9-14-23/h7-9,13-14,16-19,26H,2-6,10-12,15,20-22H2,1H3. The van der Waals surface area contributed by atoms with Crippen LogP contribution in [0.3, 0.4) is 0 Å². The van der Waals surface area contributed by atoms with Crippen molar-refractivity contribution in [2.75, 3.05) is 13.1 Å². The van der Waals surface area contributed by atoms with Crippen molar-refractivity contribution in [2.24, 2.45) is 0 Å². The molecule has 0 spiro atoms. The third kappa shape index (κ3) is 7.74. The van der Waals surface area contributed by atoms with Crippen LogP contribution in [0.4, 0.5) is 0 Å².